The molecule has 0 aliphatic rings. The van der Waals surface area contributed by atoms with Gasteiger partial charge in [0.15, 0.2) is 6.61 Å². The molecule has 4 nitrogen and oxygen atoms in total. The van der Waals surface area contributed by atoms with E-state index < -0.39 is 5.82 Å². The maximum Gasteiger partial charge on any atom is 0.261 e. The van der Waals surface area contributed by atoms with Crippen molar-refractivity contribution in [3.63, 3.8) is 0 Å². The van der Waals surface area contributed by atoms with Gasteiger partial charge in [0.25, 0.3) is 5.91 Å². The minimum absolute atomic E-state index is 0.238. The summed E-state index contributed by atoms with van der Waals surface area (Å²) in [6.07, 6.45) is 1.22. The Hall–Kier alpha value is -2.40. The lowest BCUT2D eigenvalue weighted by Crippen LogP contribution is -2.26. The van der Waals surface area contributed by atoms with Crippen LogP contribution in [0.25, 0.3) is 0 Å². The molecule has 2 aromatic carbocycles. The van der Waals surface area contributed by atoms with Crippen molar-refractivity contribution in [3.8, 4) is 0 Å². The van der Waals surface area contributed by atoms with E-state index in [0.717, 1.165) is 5.56 Å². The molecule has 0 spiro atoms. The second-order valence-electron chi connectivity index (χ2n) is 4.43. The summed E-state index contributed by atoms with van der Waals surface area (Å²) in [5.74, 6) is -0.720. The first-order chi connectivity index (χ1) is 10.6. The fourth-order valence-corrected chi connectivity index (χ4v) is 1.75. The van der Waals surface area contributed by atoms with E-state index in [4.69, 9.17) is 16.4 Å². The Morgan fingerprint density at radius 2 is 1.95 bits per heavy atom. The normalized spacial score (nSPS) is 10.6. The van der Waals surface area contributed by atoms with Crippen LogP contribution in [-0.4, -0.2) is 18.7 Å². The van der Waals surface area contributed by atoms with Crippen molar-refractivity contribution in [1.29, 1.82) is 0 Å². The van der Waals surface area contributed by atoms with Crippen LogP contribution >= 0.6 is 11.6 Å². The molecule has 0 aliphatic carbocycles. The van der Waals surface area contributed by atoms with Gasteiger partial charge in [0.1, 0.15) is 5.82 Å². The highest BCUT2D eigenvalue weighted by atomic mass is 35.5. The Morgan fingerprint density at radius 1 is 1.23 bits per heavy atom. The molecule has 22 heavy (non-hydrogen) atoms. The van der Waals surface area contributed by atoms with Crippen LogP contribution in [0, 0.1) is 5.82 Å². The average Bonchev–Trinajstić information content (AvgIpc) is 2.52. The third-order valence-electron chi connectivity index (χ3n) is 2.77. The molecule has 0 bridgehead atoms. The number of oxime groups is 1. The summed E-state index contributed by atoms with van der Waals surface area (Å²) in [5, 5.41) is 6.88. The average molecular weight is 321 g/mol. The molecule has 0 radical (unpaired) electrons. The minimum atomic E-state index is -0.401. The van der Waals surface area contributed by atoms with E-state index in [1.165, 1.54) is 12.3 Å². The molecular formula is C16H14ClFN2O2. The van der Waals surface area contributed by atoms with Gasteiger partial charge in [0.2, 0.25) is 0 Å². The molecule has 0 aromatic heterocycles. The highest BCUT2D eigenvalue weighted by Gasteiger charge is 2.02. The smallest absolute Gasteiger partial charge is 0.261 e. The molecular weight excluding hydrogens is 307 g/mol. The number of nitrogens with one attached hydrogen (secondary N) is 1. The quantitative estimate of drug-likeness (QED) is 0.656. The first-order valence-corrected chi connectivity index (χ1v) is 6.94. The predicted octanol–water partition coefficient (Wildman–Crippen LogP) is 3.15. The van der Waals surface area contributed by atoms with Crippen LogP contribution in [0.4, 0.5) is 4.39 Å². The number of hydrogen-bond donors (Lipinski definition) is 1. The lowest BCUT2D eigenvalue weighted by molar-refractivity contribution is -0.125. The fraction of sp³-hybridized carbons (Fsp3) is 0.125. The van der Waals surface area contributed by atoms with E-state index in [2.05, 4.69) is 10.5 Å². The summed E-state index contributed by atoms with van der Waals surface area (Å²) in [5.41, 5.74) is 1.22. The highest BCUT2D eigenvalue weighted by molar-refractivity contribution is 6.30. The van der Waals surface area contributed by atoms with Gasteiger partial charge >= 0.3 is 0 Å². The van der Waals surface area contributed by atoms with Crippen LogP contribution in [0.15, 0.2) is 53.7 Å². The first-order valence-electron chi connectivity index (χ1n) is 6.56. The summed E-state index contributed by atoms with van der Waals surface area (Å²) in [6.45, 7) is 0.134. The summed E-state index contributed by atoms with van der Waals surface area (Å²) < 4.78 is 13.3. The molecule has 0 heterocycles. The fourth-order valence-electron chi connectivity index (χ4n) is 1.62. The lowest BCUT2D eigenvalue weighted by Gasteiger charge is -2.04. The zero-order chi connectivity index (χ0) is 15.8. The van der Waals surface area contributed by atoms with Crippen LogP contribution in [0.5, 0.6) is 0 Å². The largest absolute Gasteiger partial charge is 0.386 e. The highest BCUT2D eigenvalue weighted by Crippen LogP contribution is 2.09. The molecule has 2 aromatic rings. The van der Waals surface area contributed by atoms with E-state index in [1.54, 1.807) is 30.3 Å². The number of hydrogen-bond acceptors (Lipinski definition) is 3. The van der Waals surface area contributed by atoms with Crippen molar-refractivity contribution in [1.82, 2.24) is 5.32 Å². The molecule has 0 aliphatic heterocycles. The van der Waals surface area contributed by atoms with Crippen LogP contribution in [0.2, 0.25) is 5.02 Å². The molecule has 114 valence electrons. The van der Waals surface area contributed by atoms with E-state index >= 15 is 0 Å². The Labute approximate surface area is 132 Å². The zero-order valence-electron chi connectivity index (χ0n) is 11.6. The van der Waals surface area contributed by atoms with Crippen LogP contribution < -0.4 is 5.32 Å². The Morgan fingerprint density at radius 3 is 2.68 bits per heavy atom. The van der Waals surface area contributed by atoms with Crippen LogP contribution in [0.3, 0.4) is 0 Å². The zero-order valence-corrected chi connectivity index (χ0v) is 12.4. The molecule has 0 atom stereocenters. The molecule has 1 amide bonds. The second-order valence-corrected chi connectivity index (χ2v) is 4.87. The third kappa shape index (κ3) is 5.18. The third-order valence-corrected chi connectivity index (χ3v) is 3.02. The van der Waals surface area contributed by atoms with Gasteiger partial charge < -0.3 is 10.2 Å². The Kier molecular flexibility index (Phi) is 5.91. The maximum absolute atomic E-state index is 13.3. The van der Waals surface area contributed by atoms with Crippen LogP contribution in [-0.2, 0) is 16.2 Å². The molecule has 2 rings (SSSR count). The predicted molar refractivity (Wildman–Crippen MR) is 83.2 cm³/mol. The van der Waals surface area contributed by atoms with E-state index in [9.17, 15) is 9.18 Å². The summed E-state index contributed by atoms with van der Waals surface area (Å²) in [6, 6.07) is 13.3. The minimum Gasteiger partial charge on any atom is -0.386 e. The van der Waals surface area contributed by atoms with E-state index in [0.29, 0.717) is 17.1 Å². The van der Waals surface area contributed by atoms with Gasteiger partial charge in [0, 0.05) is 17.1 Å². The van der Waals surface area contributed by atoms with Crippen molar-refractivity contribution in [2.75, 3.05) is 6.61 Å². The van der Waals surface area contributed by atoms with Gasteiger partial charge in [-0.1, -0.05) is 47.1 Å². The van der Waals surface area contributed by atoms with E-state index in [1.807, 2.05) is 12.1 Å². The van der Waals surface area contributed by atoms with Crippen molar-refractivity contribution in [2.24, 2.45) is 5.16 Å². The van der Waals surface area contributed by atoms with Gasteiger partial charge in [-0.2, -0.15) is 0 Å². The Balaban J connectivity index is 1.72. The maximum atomic E-state index is 13.3. The number of benzene rings is 2. The number of carbonyl (C=O) groups excluding carboxylic acids is 1. The standard InChI is InChI=1S/C16H14ClFN2O2/c17-14-7-5-12(6-8-14)9-19-16(21)11-22-20-10-13-3-1-2-4-15(13)18/h1-8,10H,9,11H2,(H,19,21)/b20-10-. The lowest BCUT2D eigenvalue weighted by atomic mass is 10.2. The number of rotatable bonds is 6. The molecule has 1 N–H and O–H groups in total. The van der Waals surface area contributed by atoms with Gasteiger partial charge in [-0.25, -0.2) is 4.39 Å². The summed E-state index contributed by atoms with van der Waals surface area (Å²) in [4.78, 5) is 16.4. The van der Waals surface area contributed by atoms with Gasteiger partial charge in [-0.15, -0.1) is 0 Å². The number of halogens is 2. The van der Waals surface area contributed by atoms with Crippen molar-refractivity contribution in [3.05, 3.63) is 70.5 Å². The second kappa shape index (κ2) is 8.14. The number of carbonyl (C=O) groups is 1. The first kappa shape index (κ1) is 16.0. The van der Waals surface area contributed by atoms with Gasteiger partial charge in [-0.05, 0) is 23.8 Å². The molecule has 0 fully saturated rings. The van der Waals surface area contributed by atoms with Gasteiger partial charge in [0.05, 0.1) is 6.21 Å². The van der Waals surface area contributed by atoms with E-state index in [-0.39, 0.29) is 12.5 Å². The Bertz CT molecular complexity index is 659. The summed E-state index contributed by atoms with van der Waals surface area (Å²) >= 11 is 5.77. The summed E-state index contributed by atoms with van der Waals surface area (Å²) in [7, 11) is 0. The van der Waals surface area contributed by atoms with Crippen molar-refractivity contribution >= 4 is 23.7 Å². The number of nitrogens with zero attached hydrogens (tertiary/aromatic N) is 1. The van der Waals surface area contributed by atoms with Crippen molar-refractivity contribution in [2.45, 2.75) is 6.54 Å². The molecule has 0 saturated carbocycles. The molecule has 0 saturated heterocycles. The van der Waals surface area contributed by atoms with Crippen LogP contribution in [0.1, 0.15) is 11.1 Å². The molecule has 0 unspecified atom stereocenters. The van der Waals surface area contributed by atoms with Gasteiger partial charge in [-0.3, -0.25) is 4.79 Å². The topological polar surface area (TPSA) is 50.7 Å². The SMILES string of the molecule is O=C(CO/N=C\c1ccccc1F)NCc1ccc(Cl)cc1. The number of amides is 1. The van der Waals surface area contributed by atoms with Crippen molar-refractivity contribution < 1.29 is 14.0 Å². The monoisotopic (exact) mass is 320 g/mol. The molecule has 6 heteroatoms.